The van der Waals surface area contributed by atoms with Gasteiger partial charge in [0.2, 0.25) is 0 Å². The summed E-state index contributed by atoms with van der Waals surface area (Å²) in [6, 6.07) is 5.68. The van der Waals surface area contributed by atoms with Crippen LogP contribution in [-0.4, -0.2) is 34.9 Å². The fourth-order valence-corrected chi connectivity index (χ4v) is 4.63. The molecule has 0 saturated carbocycles. The highest BCUT2D eigenvalue weighted by Gasteiger charge is 2.35. The Labute approximate surface area is 168 Å². The number of pyridine rings is 1. The molecule has 2 aromatic rings. The number of halogens is 2. The van der Waals surface area contributed by atoms with Gasteiger partial charge < -0.3 is 16.0 Å². The summed E-state index contributed by atoms with van der Waals surface area (Å²) in [4.78, 5) is 19.9. The topological polar surface area (TPSA) is 71.2 Å². The Morgan fingerprint density at radius 3 is 2.81 bits per heavy atom. The Morgan fingerprint density at radius 1 is 1.33 bits per heavy atom. The van der Waals surface area contributed by atoms with Gasteiger partial charge in [-0.3, -0.25) is 9.78 Å². The van der Waals surface area contributed by atoms with E-state index in [0.29, 0.717) is 34.7 Å². The predicted molar refractivity (Wildman–Crippen MR) is 108 cm³/mol. The van der Waals surface area contributed by atoms with Gasteiger partial charge in [0, 0.05) is 46.0 Å². The number of nitrogens with two attached hydrogens (primary N) is 1. The first kappa shape index (κ1) is 18.7. The average molecular weight is 405 g/mol. The van der Waals surface area contributed by atoms with Gasteiger partial charge in [-0.15, -0.1) is 0 Å². The maximum Gasteiger partial charge on any atom is 0.256 e. The molecule has 2 aliphatic heterocycles. The second-order valence-electron chi connectivity index (χ2n) is 7.18. The number of carbonyl (C=O) groups is 1. The zero-order chi connectivity index (χ0) is 19.1. The molecule has 3 N–H and O–H groups in total. The second kappa shape index (κ2) is 7.40. The number of benzene rings is 1. The quantitative estimate of drug-likeness (QED) is 0.817. The van der Waals surface area contributed by atoms with Crippen LogP contribution in [0.4, 0.5) is 0 Å². The maximum absolute atomic E-state index is 13.3. The molecule has 1 fully saturated rings. The van der Waals surface area contributed by atoms with Crippen molar-refractivity contribution in [3.63, 3.8) is 0 Å². The molecule has 0 radical (unpaired) electrons. The average Bonchev–Trinajstić information content (AvgIpc) is 3.23. The van der Waals surface area contributed by atoms with Crippen molar-refractivity contribution in [2.24, 2.45) is 5.73 Å². The third-order valence-electron chi connectivity index (χ3n) is 5.43. The Morgan fingerprint density at radius 2 is 2.15 bits per heavy atom. The Hall–Kier alpha value is -1.66. The predicted octanol–water partition coefficient (Wildman–Crippen LogP) is 3.53. The van der Waals surface area contributed by atoms with Gasteiger partial charge in [0.25, 0.3) is 5.91 Å². The van der Waals surface area contributed by atoms with E-state index in [1.807, 2.05) is 17.9 Å². The molecule has 0 spiro atoms. The fraction of sp³-hybridized carbons (Fsp3) is 0.400. The molecule has 4 rings (SSSR count). The van der Waals surface area contributed by atoms with Crippen LogP contribution in [0.15, 0.2) is 18.2 Å². The van der Waals surface area contributed by atoms with Crippen molar-refractivity contribution in [2.75, 3.05) is 13.1 Å². The van der Waals surface area contributed by atoms with Gasteiger partial charge in [0.15, 0.2) is 0 Å². The molecule has 1 unspecified atom stereocenters. The van der Waals surface area contributed by atoms with Crippen LogP contribution in [0.3, 0.4) is 0 Å². The van der Waals surface area contributed by atoms with Crippen molar-refractivity contribution in [1.82, 2.24) is 15.2 Å². The molecule has 1 saturated heterocycles. The molecule has 3 heterocycles. The fourth-order valence-electron chi connectivity index (χ4n) is 4.12. The molecule has 1 amide bonds. The summed E-state index contributed by atoms with van der Waals surface area (Å²) in [5.41, 5.74) is 10.7. The molecule has 0 aliphatic carbocycles. The minimum atomic E-state index is 0.00177. The summed E-state index contributed by atoms with van der Waals surface area (Å²) in [5, 5.41) is 4.52. The summed E-state index contributed by atoms with van der Waals surface area (Å²) >= 11 is 12.6. The van der Waals surface area contributed by atoms with Crippen molar-refractivity contribution < 1.29 is 4.79 Å². The standard InChI is InChI=1S/C20H22Cl2N4O/c1-11-15(8-23)18(14-5-4-12(21)7-16(14)22)19-17(25-11)10-26(20(19)27)9-13-3-2-6-24-13/h4-5,7,13,24H,2-3,6,8-10,23H2,1H3. The third-order valence-corrected chi connectivity index (χ3v) is 5.98. The van der Waals surface area contributed by atoms with Crippen LogP contribution in [-0.2, 0) is 13.1 Å². The van der Waals surface area contributed by atoms with Gasteiger partial charge in [-0.1, -0.05) is 29.3 Å². The minimum absolute atomic E-state index is 0.00177. The first-order chi connectivity index (χ1) is 13.0. The zero-order valence-corrected chi connectivity index (χ0v) is 16.7. The van der Waals surface area contributed by atoms with E-state index in [2.05, 4.69) is 5.32 Å². The molecular weight excluding hydrogens is 383 g/mol. The number of nitrogens with zero attached hydrogens (tertiary/aromatic N) is 2. The van der Waals surface area contributed by atoms with Gasteiger partial charge in [-0.25, -0.2) is 0 Å². The van der Waals surface area contributed by atoms with Crippen molar-refractivity contribution >= 4 is 29.1 Å². The summed E-state index contributed by atoms with van der Waals surface area (Å²) in [6.07, 6.45) is 2.25. The van der Waals surface area contributed by atoms with Gasteiger partial charge in [0.1, 0.15) is 0 Å². The number of carbonyl (C=O) groups excluding carboxylic acids is 1. The zero-order valence-electron chi connectivity index (χ0n) is 15.2. The van der Waals surface area contributed by atoms with Crippen LogP contribution in [0.5, 0.6) is 0 Å². The Balaban J connectivity index is 1.82. The lowest BCUT2D eigenvalue weighted by molar-refractivity contribution is 0.0765. The van der Waals surface area contributed by atoms with Crippen LogP contribution in [0, 0.1) is 6.92 Å². The van der Waals surface area contributed by atoms with Gasteiger partial charge in [-0.05, 0) is 44.0 Å². The van der Waals surface area contributed by atoms with E-state index in [4.69, 9.17) is 33.9 Å². The van der Waals surface area contributed by atoms with Crippen molar-refractivity contribution in [3.8, 4) is 11.1 Å². The first-order valence-corrected chi connectivity index (χ1v) is 9.95. The SMILES string of the molecule is Cc1nc2c(c(-c3ccc(Cl)cc3Cl)c1CN)C(=O)N(CC1CCCN1)C2. The van der Waals surface area contributed by atoms with Crippen LogP contribution in [0.2, 0.25) is 10.0 Å². The summed E-state index contributed by atoms with van der Waals surface area (Å²) < 4.78 is 0. The number of nitrogens with one attached hydrogen (secondary N) is 1. The van der Waals surface area contributed by atoms with Crippen molar-refractivity contribution in [2.45, 2.75) is 38.9 Å². The number of aryl methyl sites for hydroxylation is 1. The minimum Gasteiger partial charge on any atom is -0.331 e. The van der Waals surface area contributed by atoms with E-state index >= 15 is 0 Å². The molecule has 142 valence electrons. The lowest BCUT2D eigenvalue weighted by Crippen LogP contribution is -2.37. The smallest absolute Gasteiger partial charge is 0.256 e. The number of hydrogen-bond donors (Lipinski definition) is 2. The molecular formula is C20H22Cl2N4O. The number of aromatic nitrogens is 1. The number of amides is 1. The van der Waals surface area contributed by atoms with Crippen LogP contribution in [0.25, 0.3) is 11.1 Å². The first-order valence-electron chi connectivity index (χ1n) is 9.20. The molecule has 0 bridgehead atoms. The van der Waals surface area contributed by atoms with Gasteiger partial charge >= 0.3 is 0 Å². The molecule has 5 nitrogen and oxygen atoms in total. The highest BCUT2D eigenvalue weighted by molar-refractivity contribution is 6.36. The number of fused-ring (bicyclic) bond motifs is 1. The van der Waals surface area contributed by atoms with E-state index in [-0.39, 0.29) is 12.5 Å². The highest BCUT2D eigenvalue weighted by Crippen LogP contribution is 2.39. The monoisotopic (exact) mass is 404 g/mol. The number of rotatable bonds is 4. The maximum atomic E-state index is 13.3. The third kappa shape index (κ3) is 3.34. The summed E-state index contributed by atoms with van der Waals surface area (Å²) in [6.45, 7) is 4.45. The van der Waals surface area contributed by atoms with E-state index in [9.17, 15) is 4.79 Å². The molecule has 1 aromatic heterocycles. The number of hydrogen-bond acceptors (Lipinski definition) is 4. The lowest BCUT2D eigenvalue weighted by atomic mass is 9.93. The normalized spacial score (nSPS) is 19.0. The van der Waals surface area contributed by atoms with Gasteiger partial charge in [-0.2, -0.15) is 0 Å². The molecule has 1 aromatic carbocycles. The van der Waals surface area contributed by atoms with E-state index < -0.39 is 0 Å². The summed E-state index contributed by atoms with van der Waals surface area (Å²) in [5.74, 6) is 0.00177. The van der Waals surface area contributed by atoms with E-state index in [0.717, 1.165) is 47.5 Å². The molecule has 2 aliphatic rings. The molecule has 27 heavy (non-hydrogen) atoms. The molecule has 7 heteroatoms. The van der Waals surface area contributed by atoms with Crippen LogP contribution < -0.4 is 11.1 Å². The van der Waals surface area contributed by atoms with Gasteiger partial charge in [0.05, 0.1) is 17.8 Å². The largest absolute Gasteiger partial charge is 0.331 e. The second-order valence-corrected chi connectivity index (χ2v) is 8.02. The highest BCUT2D eigenvalue weighted by atomic mass is 35.5. The van der Waals surface area contributed by atoms with Crippen molar-refractivity contribution in [1.29, 1.82) is 0 Å². The van der Waals surface area contributed by atoms with Crippen molar-refractivity contribution in [3.05, 3.63) is 50.8 Å². The van der Waals surface area contributed by atoms with E-state index in [1.54, 1.807) is 12.1 Å². The van der Waals surface area contributed by atoms with E-state index in [1.165, 1.54) is 0 Å². The Bertz CT molecular complexity index is 909. The lowest BCUT2D eigenvalue weighted by Gasteiger charge is -2.20. The van der Waals surface area contributed by atoms with Crippen LogP contribution in [0.1, 0.15) is 40.2 Å². The Kier molecular flexibility index (Phi) is 5.12. The molecule has 1 atom stereocenters. The van der Waals surface area contributed by atoms with Crippen LogP contribution >= 0.6 is 23.2 Å². The summed E-state index contributed by atoms with van der Waals surface area (Å²) in [7, 11) is 0.